The summed E-state index contributed by atoms with van der Waals surface area (Å²) in [6, 6.07) is 19.0. The molecule has 0 bridgehead atoms. The third-order valence-corrected chi connectivity index (χ3v) is 4.04. The average molecular weight is 342 g/mol. The van der Waals surface area contributed by atoms with Gasteiger partial charge in [-0.05, 0) is 30.2 Å². The first-order chi connectivity index (χ1) is 12.6. The van der Waals surface area contributed by atoms with Gasteiger partial charge in [0.05, 0.1) is 22.9 Å². The Morgan fingerprint density at radius 3 is 2.46 bits per heavy atom. The maximum Gasteiger partial charge on any atom is 0.101 e. The third-order valence-electron chi connectivity index (χ3n) is 4.04. The number of aromatic nitrogens is 2. The summed E-state index contributed by atoms with van der Waals surface area (Å²) in [4.78, 5) is 11.1. The standard InChI is InChI=1S/C21H17N3O2/c1-2-15-8-10-16(11-9-15)20-18(12-17(13-22)21(25)26)14-24(23-20)19-6-4-3-5-7-19/h3-12,14H,2H2,1H3,(H,25,26)/p-1/b17-12+. The first-order valence-electron chi connectivity index (χ1n) is 8.20. The molecule has 0 aliphatic rings. The summed E-state index contributed by atoms with van der Waals surface area (Å²) in [5, 5.41) is 24.8. The van der Waals surface area contributed by atoms with Crippen LogP contribution in [0.5, 0.6) is 0 Å². The van der Waals surface area contributed by atoms with Gasteiger partial charge in [0.2, 0.25) is 0 Å². The summed E-state index contributed by atoms with van der Waals surface area (Å²) in [5.41, 5.74) is 3.58. The summed E-state index contributed by atoms with van der Waals surface area (Å²) in [7, 11) is 0. The van der Waals surface area contributed by atoms with E-state index in [1.54, 1.807) is 16.9 Å². The van der Waals surface area contributed by atoms with E-state index in [4.69, 9.17) is 5.26 Å². The monoisotopic (exact) mass is 342 g/mol. The van der Waals surface area contributed by atoms with Crippen molar-refractivity contribution < 1.29 is 9.90 Å². The number of hydrogen-bond donors (Lipinski definition) is 0. The Morgan fingerprint density at radius 1 is 1.19 bits per heavy atom. The molecule has 5 nitrogen and oxygen atoms in total. The number of carboxylic acids is 1. The molecule has 128 valence electrons. The molecule has 0 atom stereocenters. The maximum atomic E-state index is 11.1. The Morgan fingerprint density at radius 2 is 1.88 bits per heavy atom. The highest BCUT2D eigenvalue weighted by Crippen LogP contribution is 2.26. The van der Waals surface area contributed by atoms with Gasteiger partial charge >= 0.3 is 0 Å². The van der Waals surface area contributed by atoms with Crippen molar-refractivity contribution in [1.82, 2.24) is 9.78 Å². The number of rotatable bonds is 5. The van der Waals surface area contributed by atoms with Crippen LogP contribution in [-0.2, 0) is 11.2 Å². The Labute approximate surface area is 151 Å². The number of benzene rings is 2. The van der Waals surface area contributed by atoms with Gasteiger partial charge < -0.3 is 9.90 Å². The van der Waals surface area contributed by atoms with Crippen LogP contribution in [0.1, 0.15) is 18.1 Å². The van der Waals surface area contributed by atoms with E-state index in [1.165, 1.54) is 11.6 Å². The topological polar surface area (TPSA) is 81.7 Å². The number of para-hydroxylation sites is 1. The number of carbonyl (C=O) groups is 1. The number of hydrogen-bond acceptors (Lipinski definition) is 4. The lowest BCUT2D eigenvalue weighted by Crippen LogP contribution is -2.23. The van der Waals surface area contributed by atoms with Gasteiger partial charge in [-0.1, -0.05) is 49.4 Å². The van der Waals surface area contributed by atoms with Gasteiger partial charge in [0, 0.05) is 17.3 Å². The molecule has 26 heavy (non-hydrogen) atoms. The van der Waals surface area contributed by atoms with Crippen molar-refractivity contribution in [3.63, 3.8) is 0 Å². The van der Waals surface area contributed by atoms with Gasteiger partial charge in [0.25, 0.3) is 0 Å². The van der Waals surface area contributed by atoms with Crippen molar-refractivity contribution in [2.75, 3.05) is 0 Å². The molecule has 0 radical (unpaired) electrons. The van der Waals surface area contributed by atoms with Crippen molar-refractivity contribution in [1.29, 1.82) is 5.26 Å². The molecule has 3 aromatic rings. The third kappa shape index (κ3) is 3.55. The second-order valence-electron chi connectivity index (χ2n) is 5.72. The molecular weight excluding hydrogens is 326 g/mol. The van der Waals surface area contributed by atoms with Gasteiger partial charge in [-0.2, -0.15) is 10.4 Å². The molecule has 1 heterocycles. The Hall–Kier alpha value is -3.65. The SMILES string of the molecule is CCc1ccc(-c2nn(-c3ccccc3)cc2/C=C(\C#N)C(=O)[O-])cc1. The van der Waals surface area contributed by atoms with Gasteiger partial charge in [-0.3, -0.25) is 0 Å². The lowest BCUT2D eigenvalue weighted by atomic mass is 10.0. The summed E-state index contributed by atoms with van der Waals surface area (Å²) in [6.45, 7) is 2.08. The molecule has 1 aromatic heterocycles. The largest absolute Gasteiger partial charge is 0.544 e. The molecule has 0 spiro atoms. The highest BCUT2D eigenvalue weighted by atomic mass is 16.4. The maximum absolute atomic E-state index is 11.1. The van der Waals surface area contributed by atoms with Crippen LogP contribution in [0.4, 0.5) is 0 Å². The number of carbonyl (C=O) groups excluding carboxylic acids is 1. The Balaban J connectivity index is 2.15. The Kier molecular flexibility index (Phi) is 4.95. The highest BCUT2D eigenvalue weighted by Gasteiger charge is 2.12. The van der Waals surface area contributed by atoms with E-state index in [9.17, 15) is 9.90 Å². The van der Waals surface area contributed by atoms with Gasteiger partial charge in [-0.15, -0.1) is 0 Å². The number of carboxylic acid groups (broad SMARTS) is 1. The van der Waals surface area contributed by atoms with E-state index in [1.807, 2.05) is 54.6 Å². The molecule has 0 N–H and O–H groups in total. The lowest BCUT2D eigenvalue weighted by molar-refractivity contribution is -0.298. The predicted molar refractivity (Wildman–Crippen MR) is 97.0 cm³/mol. The van der Waals surface area contributed by atoms with Crippen LogP contribution in [0.25, 0.3) is 23.0 Å². The first-order valence-corrected chi connectivity index (χ1v) is 8.20. The molecular formula is C21H16N3O2-. The molecule has 2 aromatic carbocycles. The first kappa shape index (κ1) is 17.2. The zero-order chi connectivity index (χ0) is 18.5. The van der Waals surface area contributed by atoms with E-state index in [2.05, 4.69) is 12.0 Å². The quantitative estimate of drug-likeness (QED) is 0.527. The van der Waals surface area contributed by atoms with Crippen LogP contribution in [0.3, 0.4) is 0 Å². The normalized spacial score (nSPS) is 11.2. The molecule has 5 heteroatoms. The van der Waals surface area contributed by atoms with E-state index in [0.717, 1.165) is 17.7 Å². The van der Waals surface area contributed by atoms with Crippen LogP contribution < -0.4 is 5.11 Å². The van der Waals surface area contributed by atoms with Crippen molar-refractivity contribution >= 4 is 12.0 Å². The van der Waals surface area contributed by atoms with Crippen molar-refractivity contribution in [3.8, 4) is 23.0 Å². The van der Waals surface area contributed by atoms with Crippen molar-refractivity contribution in [2.45, 2.75) is 13.3 Å². The molecule has 0 saturated heterocycles. The molecule has 0 aliphatic heterocycles. The van der Waals surface area contributed by atoms with E-state index in [0.29, 0.717) is 11.3 Å². The molecule has 0 aliphatic carbocycles. The fraction of sp³-hybridized carbons (Fsp3) is 0.0952. The van der Waals surface area contributed by atoms with E-state index in [-0.39, 0.29) is 0 Å². The molecule has 0 fully saturated rings. The summed E-state index contributed by atoms with van der Waals surface area (Å²) in [6.07, 6.45) is 3.93. The smallest absolute Gasteiger partial charge is 0.101 e. The van der Waals surface area contributed by atoms with Crippen LogP contribution in [0, 0.1) is 11.3 Å². The number of aliphatic carboxylic acids is 1. The zero-order valence-corrected chi connectivity index (χ0v) is 14.2. The Bertz CT molecular complexity index is 994. The van der Waals surface area contributed by atoms with Gasteiger partial charge in [0.15, 0.2) is 0 Å². The molecule has 0 saturated carbocycles. The van der Waals surface area contributed by atoms with Crippen molar-refractivity contribution in [2.24, 2.45) is 0 Å². The minimum Gasteiger partial charge on any atom is -0.544 e. The van der Waals surface area contributed by atoms with Crippen LogP contribution in [0.2, 0.25) is 0 Å². The minimum atomic E-state index is -1.51. The van der Waals surface area contributed by atoms with Crippen LogP contribution in [0.15, 0.2) is 66.4 Å². The van der Waals surface area contributed by atoms with E-state index < -0.39 is 11.5 Å². The van der Waals surface area contributed by atoms with Gasteiger partial charge in [-0.25, -0.2) is 4.68 Å². The summed E-state index contributed by atoms with van der Waals surface area (Å²) in [5.74, 6) is -1.51. The highest BCUT2D eigenvalue weighted by molar-refractivity contribution is 5.96. The second-order valence-corrected chi connectivity index (χ2v) is 5.72. The average Bonchev–Trinajstić information content (AvgIpc) is 3.10. The fourth-order valence-corrected chi connectivity index (χ4v) is 2.62. The van der Waals surface area contributed by atoms with Gasteiger partial charge in [0.1, 0.15) is 6.07 Å². The predicted octanol–water partition coefficient (Wildman–Crippen LogP) is 2.76. The second kappa shape index (κ2) is 7.49. The number of aryl methyl sites for hydroxylation is 1. The summed E-state index contributed by atoms with van der Waals surface area (Å²) >= 11 is 0. The van der Waals surface area contributed by atoms with Crippen LogP contribution in [-0.4, -0.2) is 15.7 Å². The van der Waals surface area contributed by atoms with Crippen LogP contribution >= 0.6 is 0 Å². The fourth-order valence-electron chi connectivity index (χ4n) is 2.62. The molecule has 0 unspecified atom stereocenters. The number of nitrogens with zero attached hydrogens (tertiary/aromatic N) is 3. The zero-order valence-electron chi connectivity index (χ0n) is 14.2. The number of nitriles is 1. The minimum absolute atomic E-state index is 0.441. The van der Waals surface area contributed by atoms with Crippen molar-refractivity contribution in [3.05, 3.63) is 77.5 Å². The molecule has 3 rings (SSSR count). The molecule has 0 amide bonds. The summed E-state index contributed by atoms with van der Waals surface area (Å²) < 4.78 is 1.67. The lowest BCUT2D eigenvalue weighted by Gasteiger charge is -2.03. The van der Waals surface area contributed by atoms with E-state index >= 15 is 0 Å².